The van der Waals surface area contributed by atoms with Gasteiger partial charge < -0.3 is 15.7 Å². The van der Waals surface area contributed by atoms with Gasteiger partial charge in [0.1, 0.15) is 0 Å². The molecule has 1 amide bonds. The van der Waals surface area contributed by atoms with Crippen molar-refractivity contribution in [2.75, 3.05) is 13.2 Å². The molecule has 0 aromatic carbocycles. The van der Waals surface area contributed by atoms with Gasteiger partial charge in [-0.2, -0.15) is 0 Å². The third-order valence-electron chi connectivity index (χ3n) is 3.83. The molecule has 4 nitrogen and oxygen atoms in total. The first-order valence-electron chi connectivity index (χ1n) is 7.33. The van der Waals surface area contributed by atoms with Crippen LogP contribution in [0.3, 0.4) is 0 Å². The number of carbonyl (C=O) groups is 1. The van der Waals surface area contributed by atoms with Crippen LogP contribution in [-0.4, -0.2) is 35.7 Å². The summed E-state index contributed by atoms with van der Waals surface area (Å²) in [5, 5.41) is 16.0. The monoisotopic (exact) mass is 270 g/mol. The maximum atomic E-state index is 11.7. The highest BCUT2D eigenvalue weighted by molar-refractivity contribution is 5.78. The van der Waals surface area contributed by atoms with E-state index in [9.17, 15) is 9.90 Å². The number of aliphatic hydroxyl groups excluding tert-OH is 1. The summed E-state index contributed by atoms with van der Waals surface area (Å²) in [6.07, 6.45) is 3.02. The van der Waals surface area contributed by atoms with E-state index in [0.717, 1.165) is 12.8 Å². The number of hydrogen-bond donors (Lipinski definition) is 3. The van der Waals surface area contributed by atoms with Crippen LogP contribution in [0.2, 0.25) is 0 Å². The third-order valence-corrected chi connectivity index (χ3v) is 3.83. The molecule has 4 heteroatoms. The summed E-state index contributed by atoms with van der Waals surface area (Å²) < 4.78 is 0. The Hall–Kier alpha value is -0.610. The molecule has 0 spiro atoms. The number of carbonyl (C=O) groups excluding carboxylic acids is 1. The summed E-state index contributed by atoms with van der Waals surface area (Å²) in [5.74, 6) is 0.565. The van der Waals surface area contributed by atoms with Crippen LogP contribution < -0.4 is 10.6 Å². The Morgan fingerprint density at radius 2 is 2.00 bits per heavy atom. The van der Waals surface area contributed by atoms with Crippen LogP contribution in [0.15, 0.2) is 0 Å². The minimum absolute atomic E-state index is 0.00106. The van der Waals surface area contributed by atoms with Crippen molar-refractivity contribution >= 4 is 5.91 Å². The average Bonchev–Trinajstić information content (AvgIpc) is 2.23. The Morgan fingerprint density at radius 3 is 2.47 bits per heavy atom. The van der Waals surface area contributed by atoms with E-state index in [0.29, 0.717) is 5.92 Å². The molecule has 0 aliphatic heterocycles. The summed E-state index contributed by atoms with van der Waals surface area (Å²) in [6, 6.07) is 0.154. The molecule has 0 saturated heterocycles. The van der Waals surface area contributed by atoms with Gasteiger partial charge in [0.2, 0.25) is 5.91 Å². The van der Waals surface area contributed by atoms with Crippen molar-refractivity contribution in [2.45, 2.75) is 65.5 Å². The molecule has 0 aromatic heterocycles. The highest BCUT2D eigenvalue weighted by Gasteiger charge is 2.42. The van der Waals surface area contributed by atoms with Crippen molar-refractivity contribution in [1.82, 2.24) is 10.6 Å². The lowest BCUT2D eigenvalue weighted by molar-refractivity contribution is -0.121. The van der Waals surface area contributed by atoms with Gasteiger partial charge in [-0.1, -0.05) is 20.8 Å². The smallest absolute Gasteiger partial charge is 0.234 e. The Balaban J connectivity index is 2.62. The fraction of sp³-hybridized carbons (Fsp3) is 0.933. The number of hydrogen-bond acceptors (Lipinski definition) is 3. The van der Waals surface area contributed by atoms with Crippen molar-refractivity contribution in [2.24, 2.45) is 11.3 Å². The van der Waals surface area contributed by atoms with E-state index in [-0.39, 0.29) is 36.1 Å². The van der Waals surface area contributed by atoms with Gasteiger partial charge in [0.25, 0.3) is 0 Å². The predicted octanol–water partition coefficient (Wildman–Crippen LogP) is 1.68. The minimum Gasteiger partial charge on any atom is -0.394 e. The van der Waals surface area contributed by atoms with Gasteiger partial charge in [0, 0.05) is 11.6 Å². The molecule has 0 heterocycles. The van der Waals surface area contributed by atoms with E-state index in [2.05, 4.69) is 31.4 Å². The van der Waals surface area contributed by atoms with E-state index >= 15 is 0 Å². The van der Waals surface area contributed by atoms with Gasteiger partial charge >= 0.3 is 0 Å². The molecule has 112 valence electrons. The third kappa shape index (κ3) is 5.11. The van der Waals surface area contributed by atoms with Crippen molar-refractivity contribution < 1.29 is 9.90 Å². The predicted molar refractivity (Wildman–Crippen MR) is 77.9 cm³/mol. The van der Waals surface area contributed by atoms with Crippen molar-refractivity contribution in [3.05, 3.63) is 0 Å². The molecule has 0 radical (unpaired) electrons. The fourth-order valence-electron chi connectivity index (χ4n) is 3.69. The second-order valence-corrected chi connectivity index (χ2v) is 7.37. The molecular formula is C15H30N2O2. The standard InChI is InChI=1S/C15H30N2O2/c1-11(2)17-13(19)8-16-15(10-18)7-12(3)6-14(4,5)9-15/h11-12,16,18H,6-10H2,1-5H3,(H,17,19)/t12-,15+/m0/s1. The van der Waals surface area contributed by atoms with Gasteiger partial charge in [-0.25, -0.2) is 0 Å². The lowest BCUT2D eigenvalue weighted by atomic mass is 9.64. The highest BCUT2D eigenvalue weighted by Crippen LogP contribution is 2.43. The summed E-state index contributed by atoms with van der Waals surface area (Å²) in [4.78, 5) is 11.7. The van der Waals surface area contributed by atoms with Crippen molar-refractivity contribution in [1.29, 1.82) is 0 Å². The molecule has 3 N–H and O–H groups in total. The second kappa shape index (κ2) is 6.23. The maximum absolute atomic E-state index is 11.7. The maximum Gasteiger partial charge on any atom is 0.234 e. The van der Waals surface area contributed by atoms with E-state index in [1.165, 1.54) is 6.42 Å². The second-order valence-electron chi connectivity index (χ2n) is 7.37. The normalized spacial score (nSPS) is 30.4. The molecule has 2 atom stereocenters. The largest absolute Gasteiger partial charge is 0.394 e. The van der Waals surface area contributed by atoms with E-state index in [1.54, 1.807) is 0 Å². The van der Waals surface area contributed by atoms with Crippen LogP contribution in [-0.2, 0) is 4.79 Å². The van der Waals surface area contributed by atoms with Crippen LogP contribution in [0.4, 0.5) is 0 Å². The molecule has 1 saturated carbocycles. The molecule has 0 aromatic rings. The van der Waals surface area contributed by atoms with Gasteiger partial charge in [0.05, 0.1) is 13.2 Å². The quantitative estimate of drug-likeness (QED) is 0.712. The SMILES string of the molecule is CC(C)NC(=O)CN[C@]1(CO)C[C@@H](C)CC(C)(C)C1. The number of aliphatic hydroxyl groups is 1. The van der Waals surface area contributed by atoms with Gasteiger partial charge in [0.15, 0.2) is 0 Å². The highest BCUT2D eigenvalue weighted by atomic mass is 16.3. The Bertz CT molecular complexity index is 315. The van der Waals surface area contributed by atoms with Crippen molar-refractivity contribution in [3.8, 4) is 0 Å². The minimum atomic E-state index is -0.310. The lowest BCUT2D eigenvalue weighted by Gasteiger charge is -2.47. The first-order valence-corrected chi connectivity index (χ1v) is 7.33. The lowest BCUT2D eigenvalue weighted by Crippen LogP contribution is -2.57. The topological polar surface area (TPSA) is 61.4 Å². The van der Waals surface area contributed by atoms with Crippen molar-refractivity contribution in [3.63, 3.8) is 0 Å². The van der Waals surface area contributed by atoms with E-state index < -0.39 is 0 Å². The van der Waals surface area contributed by atoms with Crippen LogP contribution in [0.25, 0.3) is 0 Å². The van der Waals surface area contributed by atoms with Crippen LogP contribution in [0, 0.1) is 11.3 Å². The Morgan fingerprint density at radius 1 is 1.37 bits per heavy atom. The fourth-order valence-corrected chi connectivity index (χ4v) is 3.69. The summed E-state index contributed by atoms with van der Waals surface area (Å²) >= 11 is 0. The molecular weight excluding hydrogens is 240 g/mol. The molecule has 1 aliphatic rings. The summed E-state index contributed by atoms with van der Waals surface area (Å²) in [7, 11) is 0. The zero-order valence-corrected chi connectivity index (χ0v) is 13.0. The van der Waals surface area contributed by atoms with E-state index in [1.807, 2.05) is 13.8 Å². The van der Waals surface area contributed by atoms with Crippen LogP contribution in [0.5, 0.6) is 0 Å². The first-order chi connectivity index (χ1) is 8.68. The number of rotatable bonds is 5. The Kier molecular flexibility index (Phi) is 5.39. The zero-order chi connectivity index (χ0) is 14.7. The molecule has 0 bridgehead atoms. The number of amides is 1. The molecule has 1 fully saturated rings. The summed E-state index contributed by atoms with van der Waals surface area (Å²) in [6.45, 7) is 11.0. The van der Waals surface area contributed by atoms with Gasteiger partial charge in [-0.3, -0.25) is 4.79 Å². The molecule has 1 aliphatic carbocycles. The average molecular weight is 270 g/mol. The molecule has 19 heavy (non-hydrogen) atoms. The Labute approximate surface area is 117 Å². The van der Waals surface area contributed by atoms with Crippen LogP contribution >= 0.6 is 0 Å². The zero-order valence-electron chi connectivity index (χ0n) is 13.0. The van der Waals surface area contributed by atoms with Gasteiger partial charge in [-0.15, -0.1) is 0 Å². The van der Waals surface area contributed by atoms with Gasteiger partial charge in [-0.05, 0) is 44.4 Å². The van der Waals surface area contributed by atoms with Crippen LogP contribution in [0.1, 0.15) is 53.9 Å². The first kappa shape index (κ1) is 16.4. The van der Waals surface area contributed by atoms with E-state index in [4.69, 9.17) is 0 Å². The molecule has 1 rings (SSSR count). The number of nitrogens with one attached hydrogen (secondary N) is 2. The summed E-state index contributed by atoms with van der Waals surface area (Å²) in [5.41, 5.74) is -0.0998. The molecule has 0 unspecified atom stereocenters.